The molecule has 1 fully saturated rings. The molecule has 0 bridgehead atoms. The van der Waals surface area contributed by atoms with Gasteiger partial charge in [-0.25, -0.2) is 9.18 Å². The SMILES string of the molecule is Cc1c(F)ccc([C@H]2[C@H](C(=O)O)O[C@@](C)(C(F)(F)F)[C@H]2C)c1OC(F)F. The monoisotopic (exact) mass is 386 g/mol. The number of carbonyl (C=O) groups is 1. The van der Waals surface area contributed by atoms with Gasteiger partial charge in [0, 0.05) is 23.0 Å². The third-order valence-electron chi connectivity index (χ3n) is 4.85. The maximum atomic E-state index is 13.7. The number of carboxylic acid groups (broad SMARTS) is 1. The van der Waals surface area contributed by atoms with Crippen LogP contribution in [0.15, 0.2) is 12.1 Å². The van der Waals surface area contributed by atoms with E-state index in [0.717, 1.165) is 26.0 Å². The van der Waals surface area contributed by atoms with E-state index in [1.54, 1.807) is 0 Å². The van der Waals surface area contributed by atoms with Crippen LogP contribution < -0.4 is 4.74 Å². The highest BCUT2D eigenvalue weighted by Gasteiger charge is 2.66. The van der Waals surface area contributed by atoms with Crippen molar-refractivity contribution in [2.24, 2.45) is 5.92 Å². The van der Waals surface area contributed by atoms with Gasteiger partial charge in [0.15, 0.2) is 11.7 Å². The van der Waals surface area contributed by atoms with Crippen LogP contribution in [0.25, 0.3) is 0 Å². The fourth-order valence-electron chi connectivity index (χ4n) is 3.21. The van der Waals surface area contributed by atoms with Crippen molar-refractivity contribution >= 4 is 5.97 Å². The first kappa shape index (κ1) is 20.3. The molecule has 10 heteroatoms. The number of aliphatic carboxylic acids is 1. The smallest absolute Gasteiger partial charge is 0.417 e. The minimum Gasteiger partial charge on any atom is -0.479 e. The molecule has 0 spiro atoms. The zero-order valence-corrected chi connectivity index (χ0v) is 13.9. The van der Waals surface area contributed by atoms with Crippen molar-refractivity contribution in [3.8, 4) is 5.75 Å². The van der Waals surface area contributed by atoms with Gasteiger partial charge < -0.3 is 14.6 Å². The van der Waals surface area contributed by atoms with Crippen LogP contribution in [0.2, 0.25) is 0 Å². The maximum Gasteiger partial charge on any atom is 0.417 e. The van der Waals surface area contributed by atoms with Gasteiger partial charge in [-0.3, -0.25) is 0 Å². The zero-order valence-electron chi connectivity index (χ0n) is 13.9. The van der Waals surface area contributed by atoms with Crippen LogP contribution >= 0.6 is 0 Å². The molecule has 0 saturated carbocycles. The average Bonchev–Trinajstić information content (AvgIpc) is 2.77. The summed E-state index contributed by atoms with van der Waals surface area (Å²) in [5.74, 6) is -6.24. The zero-order chi connectivity index (χ0) is 20.0. The lowest BCUT2D eigenvalue weighted by Gasteiger charge is -2.32. The molecule has 1 saturated heterocycles. The van der Waals surface area contributed by atoms with Crippen molar-refractivity contribution in [1.29, 1.82) is 0 Å². The number of ether oxygens (including phenoxy) is 2. The summed E-state index contributed by atoms with van der Waals surface area (Å²) in [7, 11) is 0. The van der Waals surface area contributed by atoms with E-state index in [2.05, 4.69) is 4.74 Å². The molecule has 0 unspecified atom stereocenters. The van der Waals surface area contributed by atoms with Crippen LogP contribution in [0.4, 0.5) is 26.3 Å². The molecule has 1 aliphatic rings. The molecule has 1 N–H and O–H groups in total. The summed E-state index contributed by atoms with van der Waals surface area (Å²) >= 11 is 0. The van der Waals surface area contributed by atoms with E-state index in [0.29, 0.717) is 6.92 Å². The van der Waals surface area contributed by atoms with Crippen molar-refractivity contribution in [2.45, 2.75) is 51.2 Å². The summed E-state index contributed by atoms with van der Waals surface area (Å²) in [4.78, 5) is 11.5. The lowest BCUT2D eigenvalue weighted by molar-refractivity contribution is -0.273. The summed E-state index contributed by atoms with van der Waals surface area (Å²) in [6, 6.07) is 1.81. The van der Waals surface area contributed by atoms with Gasteiger partial charge in [0.05, 0.1) is 0 Å². The van der Waals surface area contributed by atoms with Gasteiger partial charge in [-0.2, -0.15) is 22.0 Å². The Morgan fingerprint density at radius 3 is 2.38 bits per heavy atom. The van der Waals surface area contributed by atoms with Crippen molar-refractivity contribution in [2.75, 3.05) is 0 Å². The van der Waals surface area contributed by atoms with Crippen molar-refractivity contribution in [1.82, 2.24) is 0 Å². The second-order valence-electron chi connectivity index (χ2n) is 6.27. The molecule has 2 rings (SSSR count). The summed E-state index contributed by atoms with van der Waals surface area (Å²) in [5.41, 5.74) is -3.47. The molecule has 146 valence electrons. The summed E-state index contributed by atoms with van der Waals surface area (Å²) in [6.07, 6.45) is -6.88. The van der Waals surface area contributed by atoms with E-state index < -0.39 is 53.9 Å². The van der Waals surface area contributed by atoms with Crippen LogP contribution in [0.1, 0.15) is 30.9 Å². The lowest BCUT2D eigenvalue weighted by atomic mass is 9.76. The number of benzene rings is 1. The van der Waals surface area contributed by atoms with E-state index in [-0.39, 0.29) is 11.1 Å². The fraction of sp³-hybridized carbons (Fsp3) is 0.562. The number of hydrogen-bond donors (Lipinski definition) is 1. The molecule has 0 aromatic heterocycles. The lowest BCUT2D eigenvalue weighted by Crippen LogP contribution is -2.47. The van der Waals surface area contributed by atoms with Crippen molar-refractivity contribution in [3.05, 3.63) is 29.1 Å². The molecule has 1 aromatic carbocycles. The molecule has 0 amide bonds. The molecule has 4 atom stereocenters. The molecule has 1 heterocycles. The largest absolute Gasteiger partial charge is 0.479 e. The Morgan fingerprint density at radius 2 is 1.92 bits per heavy atom. The summed E-state index contributed by atoms with van der Waals surface area (Å²) in [5, 5.41) is 9.30. The van der Waals surface area contributed by atoms with Crippen molar-refractivity contribution in [3.63, 3.8) is 0 Å². The Labute approximate surface area is 144 Å². The third kappa shape index (κ3) is 3.22. The van der Waals surface area contributed by atoms with E-state index in [9.17, 15) is 36.2 Å². The van der Waals surface area contributed by atoms with Gasteiger partial charge in [-0.15, -0.1) is 0 Å². The van der Waals surface area contributed by atoms with Gasteiger partial charge >= 0.3 is 18.8 Å². The van der Waals surface area contributed by atoms with E-state index in [4.69, 9.17) is 4.74 Å². The Bertz CT molecular complexity index is 705. The Morgan fingerprint density at radius 1 is 1.35 bits per heavy atom. The maximum absolute atomic E-state index is 13.7. The highest BCUT2D eigenvalue weighted by atomic mass is 19.4. The highest BCUT2D eigenvalue weighted by molar-refractivity contribution is 5.75. The molecule has 26 heavy (non-hydrogen) atoms. The fourth-order valence-corrected chi connectivity index (χ4v) is 3.21. The molecular formula is C16H16F6O4. The number of hydrogen-bond acceptors (Lipinski definition) is 3. The predicted molar refractivity (Wildman–Crippen MR) is 76.6 cm³/mol. The van der Waals surface area contributed by atoms with E-state index >= 15 is 0 Å². The van der Waals surface area contributed by atoms with Gasteiger partial charge in [0.25, 0.3) is 0 Å². The Balaban J connectivity index is 2.65. The number of carboxylic acids is 1. The van der Waals surface area contributed by atoms with Crippen LogP contribution in [0.5, 0.6) is 5.75 Å². The average molecular weight is 386 g/mol. The number of halogens is 6. The second-order valence-corrected chi connectivity index (χ2v) is 6.27. The highest BCUT2D eigenvalue weighted by Crippen LogP contribution is 2.55. The minimum atomic E-state index is -4.91. The standard InChI is InChI=1S/C16H16F6O4/c1-6-9(17)5-4-8(11(6)25-14(18)19)10-7(2)15(3,16(20,21)22)26-12(10)13(23)24/h4-5,7,10,12,14H,1-3H3,(H,23,24)/t7-,10-,12+,15+/m0/s1. The van der Waals surface area contributed by atoms with Crippen LogP contribution in [0.3, 0.4) is 0 Å². The van der Waals surface area contributed by atoms with Gasteiger partial charge in [0.2, 0.25) is 0 Å². The Kier molecular flexibility index (Phi) is 5.19. The van der Waals surface area contributed by atoms with Crippen LogP contribution in [-0.2, 0) is 9.53 Å². The van der Waals surface area contributed by atoms with Gasteiger partial charge in [-0.1, -0.05) is 13.0 Å². The van der Waals surface area contributed by atoms with E-state index in [1.807, 2.05) is 0 Å². The topological polar surface area (TPSA) is 55.8 Å². The van der Waals surface area contributed by atoms with Crippen LogP contribution in [0, 0.1) is 18.7 Å². The first-order chi connectivity index (χ1) is 11.8. The minimum absolute atomic E-state index is 0.280. The summed E-state index contributed by atoms with van der Waals surface area (Å²) in [6.45, 7) is -0.469. The van der Waals surface area contributed by atoms with E-state index in [1.165, 1.54) is 0 Å². The van der Waals surface area contributed by atoms with Crippen molar-refractivity contribution < 1.29 is 45.7 Å². The molecular weight excluding hydrogens is 370 g/mol. The number of rotatable bonds is 4. The van der Waals surface area contributed by atoms with Gasteiger partial charge in [0.1, 0.15) is 11.6 Å². The normalized spacial score (nSPS) is 29.2. The molecule has 0 aliphatic carbocycles. The molecule has 0 radical (unpaired) electrons. The first-order valence-electron chi connectivity index (χ1n) is 7.52. The second kappa shape index (κ2) is 6.64. The van der Waals surface area contributed by atoms with Crippen LogP contribution in [-0.4, -0.2) is 35.6 Å². The molecule has 4 nitrogen and oxygen atoms in total. The summed E-state index contributed by atoms with van der Waals surface area (Å²) < 4.78 is 88.6. The first-order valence-corrected chi connectivity index (χ1v) is 7.52. The molecule has 1 aromatic rings. The Hall–Kier alpha value is -1.97. The van der Waals surface area contributed by atoms with Gasteiger partial charge in [-0.05, 0) is 19.9 Å². The quantitative estimate of drug-likeness (QED) is 0.786. The predicted octanol–water partition coefficient (Wildman–Crippen LogP) is 4.26. The third-order valence-corrected chi connectivity index (χ3v) is 4.85. The molecule has 1 aliphatic heterocycles. The number of alkyl halides is 5.